The van der Waals surface area contributed by atoms with Crippen LogP contribution in [-0.2, 0) is 20.8 Å². The highest BCUT2D eigenvalue weighted by molar-refractivity contribution is 5.99. The highest BCUT2D eigenvalue weighted by atomic mass is 16.7. The smallest absolute Gasteiger partial charge is 0.410 e. The molecule has 2 unspecified atom stereocenters. The molecule has 3 saturated heterocycles. The summed E-state index contributed by atoms with van der Waals surface area (Å²) in [4.78, 5) is 28.1. The van der Waals surface area contributed by atoms with Crippen LogP contribution >= 0.6 is 0 Å². The van der Waals surface area contributed by atoms with Crippen molar-refractivity contribution < 1.29 is 23.8 Å². The van der Waals surface area contributed by atoms with Gasteiger partial charge in [0.15, 0.2) is 12.1 Å². The van der Waals surface area contributed by atoms with E-state index in [1.54, 1.807) is 0 Å². The molecule has 0 spiro atoms. The van der Waals surface area contributed by atoms with Gasteiger partial charge in [-0.1, -0.05) is 54.6 Å². The topological polar surface area (TPSA) is 65.1 Å². The van der Waals surface area contributed by atoms with Gasteiger partial charge in [0.2, 0.25) is 0 Å². The molecule has 2 aromatic rings. The number of benzene rings is 2. The minimum absolute atomic E-state index is 0.0575. The quantitative estimate of drug-likeness (QED) is 0.666. The maximum absolute atomic E-state index is 13.4. The molecule has 5 rings (SSSR count). The third kappa shape index (κ3) is 4.10. The average molecular weight is 421 g/mol. The second-order valence-corrected chi connectivity index (χ2v) is 8.53. The number of Topliss-reactive ketones (excluding diaryl/α,β-unsaturated/α-hetero) is 1. The maximum Gasteiger partial charge on any atom is 0.410 e. The standard InChI is InChI=1S/C25H27NO5/c27-23(21-8-4-5-9-22(21)24-29-12-13-30-24)18-14-19-10-11-20(15-18)26(19)25(28)31-16-17-6-2-1-3-7-17/h1-9,18-20,24H,10-16H2. The first kappa shape index (κ1) is 20.2. The lowest BCUT2D eigenvalue weighted by molar-refractivity contribution is -0.0446. The number of fused-ring (bicyclic) bond motifs is 2. The van der Waals surface area contributed by atoms with Crippen LogP contribution < -0.4 is 0 Å². The number of ketones is 1. The number of rotatable bonds is 5. The van der Waals surface area contributed by atoms with E-state index in [-0.39, 0.29) is 36.5 Å². The number of nitrogens with zero attached hydrogens (tertiary/aromatic N) is 1. The lowest BCUT2D eigenvalue weighted by Gasteiger charge is -2.37. The highest BCUT2D eigenvalue weighted by Gasteiger charge is 2.46. The van der Waals surface area contributed by atoms with Gasteiger partial charge in [-0.2, -0.15) is 0 Å². The molecule has 0 radical (unpaired) electrons. The van der Waals surface area contributed by atoms with Crippen molar-refractivity contribution in [1.29, 1.82) is 0 Å². The van der Waals surface area contributed by atoms with Gasteiger partial charge in [-0.15, -0.1) is 0 Å². The lowest BCUT2D eigenvalue weighted by Crippen LogP contribution is -2.48. The van der Waals surface area contributed by atoms with Crippen LogP contribution in [0.3, 0.4) is 0 Å². The Morgan fingerprint density at radius 3 is 2.26 bits per heavy atom. The van der Waals surface area contributed by atoms with Crippen LogP contribution in [0.1, 0.15) is 53.5 Å². The zero-order valence-corrected chi connectivity index (χ0v) is 17.4. The Labute approximate surface area is 182 Å². The molecular weight excluding hydrogens is 394 g/mol. The summed E-state index contributed by atoms with van der Waals surface area (Å²) in [6.45, 7) is 1.36. The molecule has 2 bridgehead atoms. The summed E-state index contributed by atoms with van der Waals surface area (Å²) in [6, 6.07) is 17.4. The van der Waals surface area contributed by atoms with Crippen molar-refractivity contribution in [1.82, 2.24) is 4.90 Å². The van der Waals surface area contributed by atoms with Crippen molar-refractivity contribution in [2.45, 2.75) is 50.7 Å². The lowest BCUT2D eigenvalue weighted by atomic mass is 9.83. The van der Waals surface area contributed by atoms with Gasteiger partial charge in [0.25, 0.3) is 0 Å². The minimum Gasteiger partial charge on any atom is -0.445 e. The van der Waals surface area contributed by atoms with Gasteiger partial charge in [0.05, 0.1) is 13.2 Å². The third-order valence-corrected chi connectivity index (χ3v) is 6.62. The molecule has 6 heteroatoms. The van der Waals surface area contributed by atoms with E-state index in [0.717, 1.165) is 24.0 Å². The van der Waals surface area contributed by atoms with E-state index in [1.165, 1.54) is 0 Å². The SMILES string of the molecule is O=C(c1ccccc1C1OCCO1)C1CC2CCC(C1)N2C(=O)OCc1ccccc1. The van der Waals surface area contributed by atoms with E-state index in [9.17, 15) is 9.59 Å². The second-order valence-electron chi connectivity index (χ2n) is 8.53. The number of hydrogen-bond donors (Lipinski definition) is 0. The molecule has 6 nitrogen and oxygen atoms in total. The predicted molar refractivity (Wildman–Crippen MR) is 113 cm³/mol. The van der Waals surface area contributed by atoms with E-state index in [4.69, 9.17) is 14.2 Å². The van der Waals surface area contributed by atoms with Crippen LogP contribution in [0.4, 0.5) is 4.79 Å². The molecule has 2 atom stereocenters. The number of ether oxygens (including phenoxy) is 3. The highest BCUT2D eigenvalue weighted by Crippen LogP contribution is 2.41. The number of amides is 1. The average Bonchev–Trinajstić information content (AvgIpc) is 3.44. The van der Waals surface area contributed by atoms with Crippen LogP contribution in [-0.4, -0.2) is 42.1 Å². The van der Waals surface area contributed by atoms with Crippen LogP contribution in [0, 0.1) is 5.92 Å². The summed E-state index contributed by atoms with van der Waals surface area (Å²) in [6.07, 6.45) is 2.46. The molecule has 1 amide bonds. The van der Waals surface area contributed by atoms with Crippen molar-refractivity contribution in [3.63, 3.8) is 0 Å². The van der Waals surface area contributed by atoms with E-state index in [2.05, 4.69) is 0 Å². The first-order chi connectivity index (χ1) is 15.2. The molecule has 3 aliphatic heterocycles. The predicted octanol–water partition coefficient (Wildman–Crippen LogP) is 4.49. The van der Waals surface area contributed by atoms with Crippen molar-refractivity contribution in [3.8, 4) is 0 Å². The first-order valence-corrected chi connectivity index (χ1v) is 11.1. The molecule has 2 aromatic carbocycles. The Bertz CT molecular complexity index is 926. The van der Waals surface area contributed by atoms with Gasteiger partial charge in [-0.25, -0.2) is 4.79 Å². The fourth-order valence-corrected chi connectivity index (χ4v) is 5.17. The van der Waals surface area contributed by atoms with Crippen molar-refractivity contribution in [3.05, 3.63) is 71.3 Å². The second kappa shape index (κ2) is 8.81. The number of carbonyl (C=O) groups excluding carboxylic acids is 2. The van der Waals surface area contributed by atoms with Gasteiger partial charge < -0.3 is 19.1 Å². The first-order valence-electron chi connectivity index (χ1n) is 11.1. The van der Waals surface area contributed by atoms with Gasteiger partial charge >= 0.3 is 6.09 Å². The normalized spacial score (nSPS) is 25.5. The molecule has 0 aliphatic carbocycles. The fraction of sp³-hybridized carbons (Fsp3) is 0.440. The number of piperidine rings is 1. The zero-order chi connectivity index (χ0) is 21.2. The molecular formula is C25H27NO5. The largest absolute Gasteiger partial charge is 0.445 e. The minimum atomic E-state index is -0.468. The molecule has 0 aromatic heterocycles. The van der Waals surface area contributed by atoms with Gasteiger partial charge in [0.1, 0.15) is 6.61 Å². The Hall–Kier alpha value is -2.70. The van der Waals surface area contributed by atoms with Crippen LogP contribution in [0.15, 0.2) is 54.6 Å². The van der Waals surface area contributed by atoms with E-state index in [0.29, 0.717) is 31.6 Å². The van der Waals surface area contributed by atoms with E-state index in [1.807, 2.05) is 59.5 Å². The summed E-state index contributed by atoms with van der Waals surface area (Å²) in [5.41, 5.74) is 2.46. The van der Waals surface area contributed by atoms with E-state index < -0.39 is 6.29 Å². The summed E-state index contributed by atoms with van der Waals surface area (Å²) >= 11 is 0. The molecule has 0 saturated carbocycles. The molecule has 3 fully saturated rings. The van der Waals surface area contributed by atoms with Crippen molar-refractivity contribution in [2.75, 3.05) is 13.2 Å². The molecule has 3 heterocycles. The van der Waals surface area contributed by atoms with Crippen LogP contribution in [0.25, 0.3) is 0 Å². The molecule has 31 heavy (non-hydrogen) atoms. The Kier molecular flexibility index (Phi) is 5.74. The van der Waals surface area contributed by atoms with Crippen molar-refractivity contribution >= 4 is 11.9 Å². The van der Waals surface area contributed by atoms with Crippen LogP contribution in [0.2, 0.25) is 0 Å². The van der Waals surface area contributed by atoms with Gasteiger partial charge in [-0.3, -0.25) is 4.79 Å². The Balaban J connectivity index is 1.26. The third-order valence-electron chi connectivity index (χ3n) is 6.62. The van der Waals surface area contributed by atoms with Crippen molar-refractivity contribution in [2.24, 2.45) is 5.92 Å². The molecule has 0 N–H and O–H groups in total. The fourth-order valence-electron chi connectivity index (χ4n) is 5.17. The summed E-state index contributed by atoms with van der Waals surface area (Å²) < 4.78 is 16.9. The Morgan fingerprint density at radius 1 is 0.903 bits per heavy atom. The maximum atomic E-state index is 13.4. The Morgan fingerprint density at radius 2 is 1.55 bits per heavy atom. The summed E-state index contributed by atoms with van der Waals surface area (Å²) in [5, 5.41) is 0. The van der Waals surface area contributed by atoms with Gasteiger partial charge in [-0.05, 0) is 31.2 Å². The summed E-state index contributed by atoms with van der Waals surface area (Å²) in [7, 11) is 0. The van der Waals surface area contributed by atoms with Gasteiger partial charge in [0, 0.05) is 29.1 Å². The zero-order valence-electron chi connectivity index (χ0n) is 17.4. The summed E-state index contributed by atoms with van der Waals surface area (Å²) in [5.74, 6) is 0.0297. The number of hydrogen-bond acceptors (Lipinski definition) is 5. The van der Waals surface area contributed by atoms with Crippen LogP contribution in [0.5, 0.6) is 0 Å². The molecule has 3 aliphatic rings. The molecule has 162 valence electrons. The number of carbonyl (C=O) groups is 2. The monoisotopic (exact) mass is 421 g/mol. The van der Waals surface area contributed by atoms with E-state index >= 15 is 0 Å².